The van der Waals surface area contributed by atoms with Crippen LogP contribution in [0.3, 0.4) is 0 Å². The summed E-state index contributed by atoms with van der Waals surface area (Å²) in [7, 11) is 3.77. The Morgan fingerprint density at radius 1 is 1.12 bits per heavy atom. The van der Waals surface area contributed by atoms with Crippen molar-refractivity contribution < 1.29 is 9.53 Å². The van der Waals surface area contributed by atoms with E-state index in [4.69, 9.17) is 4.74 Å². The maximum atomic E-state index is 12.3. The van der Waals surface area contributed by atoms with E-state index in [-0.39, 0.29) is 5.91 Å². The summed E-state index contributed by atoms with van der Waals surface area (Å²) in [5, 5.41) is 0. The van der Waals surface area contributed by atoms with E-state index in [1.807, 2.05) is 66.2 Å². The Morgan fingerprint density at radius 3 is 2.58 bits per heavy atom. The fourth-order valence-electron chi connectivity index (χ4n) is 2.60. The number of aryl methyl sites for hydroxylation is 1. The van der Waals surface area contributed by atoms with Crippen molar-refractivity contribution in [3.8, 4) is 5.75 Å². The summed E-state index contributed by atoms with van der Waals surface area (Å²) in [4.78, 5) is 18.6. The Labute approximate surface area is 141 Å². The van der Waals surface area contributed by atoms with Gasteiger partial charge in [0.05, 0.1) is 30.6 Å². The number of aromatic nitrogens is 2. The summed E-state index contributed by atoms with van der Waals surface area (Å²) >= 11 is 0. The van der Waals surface area contributed by atoms with Crippen molar-refractivity contribution in [1.82, 2.24) is 14.5 Å². The lowest BCUT2D eigenvalue weighted by molar-refractivity contribution is -0.131. The number of imidazole rings is 1. The third-order valence-corrected chi connectivity index (χ3v) is 4.01. The summed E-state index contributed by atoms with van der Waals surface area (Å²) in [5.41, 5.74) is 2.02. The van der Waals surface area contributed by atoms with Crippen molar-refractivity contribution in [3.05, 3.63) is 60.4 Å². The van der Waals surface area contributed by atoms with Crippen molar-refractivity contribution in [2.24, 2.45) is 7.05 Å². The van der Waals surface area contributed by atoms with Crippen LogP contribution >= 0.6 is 0 Å². The van der Waals surface area contributed by atoms with Crippen LogP contribution in [0.25, 0.3) is 11.0 Å². The van der Waals surface area contributed by atoms with Crippen molar-refractivity contribution in [2.75, 3.05) is 13.7 Å². The second kappa shape index (κ2) is 7.17. The molecule has 1 heterocycles. The molecule has 3 rings (SSSR count). The molecular weight excluding hydrogens is 302 g/mol. The van der Waals surface area contributed by atoms with Crippen LogP contribution in [0.4, 0.5) is 0 Å². The van der Waals surface area contributed by atoms with Crippen molar-refractivity contribution in [1.29, 1.82) is 0 Å². The lowest BCUT2D eigenvalue weighted by Crippen LogP contribution is -2.28. The van der Waals surface area contributed by atoms with Crippen LogP contribution in [0.2, 0.25) is 0 Å². The van der Waals surface area contributed by atoms with Crippen LogP contribution in [0.5, 0.6) is 5.75 Å². The summed E-state index contributed by atoms with van der Waals surface area (Å²) in [6.07, 6.45) is 0.343. The van der Waals surface area contributed by atoms with Gasteiger partial charge in [0.1, 0.15) is 11.6 Å². The molecule has 0 unspecified atom stereocenters. The zero-order chi connectivity index (χ0) is 16.9. The molecular formula is C19H21N3O2. The molecule has 0 saturated heterocycles. The number of fused-ring (bicyclic) bond motifs is 1. The van der Waals surface area contributed by atoms with Gasteiger partial charge in [-0.15, -0.1) is 0 Å². The Morgan fingerprint density at radius 2 is 1.83 bits per heavy atom. The SMILES string of the molecule is CN(Cc1nc2ccccc2n1C)C(=O)CCOc1ccccc1. The molecule has 0 aliphatic heterocycles. The lowest BCUT2D eigenvalue weighted by atomic mass is 10.3. The summed E-state index contributed by atoms with van der Waals surface area (Å²) in [5.74, 6) is 1.69. The van der Waals surface area contributed by atoms with Gasteiger partial charge in [0.2, 0.25) is 5.91 Å². The number of carbonyl (C=O) groups is 1. The molecule has 0 aliphatic rings. The molecule has 0 N–H and O–H groups in total. The monoisotopic (exact) mass is 323 g/mol. The molecule has 0 radical (unpaired) electrons. The van der Waals surface area contributed by atoms with E-state index in [1.54, 1.807) is 11.9 Å². The third-order valence-electron chi connectivity index (χ3n) is 4.01. The Balaban J connectivity index is 1.56. The van der Waals surface area contributed by atoms with E-state index in [0.29, 0.717) is 19.6 Å². The van der Waals surface area contributed by atoms with E-state index in [2.05, 4.69) is 4.98 Å². The summed E-state index contributed by atoms with van der Waals surface area (Å²) in [6.45, 7) is 0.852. The second-order valence-corrected chi connectivity index (χ2v) is 5.74. The van der Waals surface area contributed by atoms with Crippen molar-refractivity contribution in [3.63, 3.8) is 0 Å². The highest BCUT2D eigenvalue weighted by molar-refractivity contribution is 5.77. The third kappa shape index (κ3) is 3.56. The minimum atomic E-state index is 0.0398. The predicted octanol–water partition coefficient (Wildman–Crippen LogP) is 3.00. The van der Waals surface area contributed by atoms with Gasteiger partial charge >= 0.3 is 0 Å². The molecule has 0 saturated carbocycles. The van der Waals surface area contributed by atoms with Gasteiger partial charge in [-0.1, -0.05) is 30.3 Å². The minimum absolute atomic E-state index is 0.0398. The second-order valence-electron chi connectivity index (χ2n) is 5.74. The molecule has 24 heavy (non-hydrogen) atoms. The molecule has 0 aliphatic carbocycles. The minimum Gasteiger partial charge on any atom is -0.493 e. The van der Waals surface area contributed by atoms with Crippen LogP contribution in [0.1, 0.15) is 12.2 Å². The molecule has 2 aromatic carbocycles. The van der Waals surface area contributed by atoms with Gasteiger partial charge < -0.3 is 14.2 Å². The fourth-order valence-corrected chi connectivity index (χ4v) is 2.60. The number of ether oxygens (including phenoxy) is 1. The molecule has 0 bridgehead atoms. The zero-order valence-corrected chi connectivity index (χ0v) is 14.0. The molecule has 3 aromatic rings. The van der Waals surface area contributed by atoms with Gasteiger partial charge in [0.25, 0.3) is 0 Å². The number of nitrogens with zero attached hydrogens (tertiary/aromatic N) is 3. The standard InChI is InChI=1S/C19H21N3O2/c1-21(19(23)12-13-24-15-8-4-3-5-9-15)14-18-20-16-10-6-7-11-17(16)22(18)2/h3-11H,12-14H2,1-2H3. The van der Waals surface area contributed by atoms with Gasteiger partial charge in [-0.05, 0) is 24.3 Å². The lowest BCUT2D eigenvalue weighted by Gasteiger charge is -2.17. The highest BCUT2D eigenvalue weighted by atomic mass is 16.5. The Kier molecular flexibility index (Phi) is 4.79. The number of carbonyl (C=O) groups excluding carboxylic acids is 1. The number of rotatable bonds is 6. The van der Waals surface area contributed by atoms with Gasteiger partial charge in [0.15, 0.2) is 0 Å². The summed E-state index contributed by atoms with van der Waals surface area (Å²) in [6, 6.07) is 17.5. The summed E-state index contributed by atoms with van der Waals surface area (Å²) < 4.78 is 7.61. The first kappa shape index (κ1) is 16.1. The average Bonchev–Trinajstić information content (AvgIpc) is 2.92. The van der Waals surface area contributed by atoms with Gasteiger partial charge in [-0.25, -0.2) is 4.98 Å². The average molecular weight is 323 g/mol. The molecule has 0 atom stereocenters. The molecule has 0 fully saturated rings. The van der Waals surface area contributed by atoms with Crippen LogP contribution in [0.15, 0.2) is 54.6 Å². The van der Waals surface area contributed by atoms with Crippen molar-refractivity contribution >= 4 is 16.9 Å². The topological polar surface area (TPSA) is 47.4 Å². The highest BCUT2D eigenvalue weighted by Crippen LogP contribution is 2.15. The quantitative estimate of drug-likeness (QED) is 0.700. The van der Waals surface area contributed by atoms with Gasteiger partial charge in [-0.3, -0.25) is 4.79 Å². The Bertz CT molecular complexity index is 827. The molecule has 1 amide bonds. The molecule has 1 aromatic heterocycles. The van der Waals surface area contributed by atoms with Gasteiger partial charge in [0, 0.05) is 14.1 Å². The normalized spacial score (nSPS) is 10.8. The zero-order valence-electron chi connectivity index (χ0n) is 14.0. The Hall–Kier alpha value is -2.82. The number of para-hydroxylation sites is 3. The first-order valence-corrected chi connectivity index (χ1v) is 7.97. The number of hydrogen-bond donors (Lipinski definition) is 0. The number of benzene rings is 2. The largest absolute Gasteiger partial charge is 0.493 e. The van der Waals surface area contributed by atoms with E-state index in [9.17, 15) is 4.79 Å². The van der Waals surface area contributed by atoms with Gasteiger partial charge in [-0.2, -0.15) is 0 Å². The van der Waals surface area contributed by atoms with Crippen LogP contribution in [-0.4, -0.2) is 34.0 Å². The van der Waals surface area contributed by atoms with E-state index < -0.39 is 0 Å². The van der Waals surface area contributed by atoms with Crippen LogP contribution < -0.4 is 4.74 Å². The molecule has 124 valence electrons. The van der Waals surface area contributed by atoms with Crippen LogP contribution in [0, 0.1) is 0 Å². The van der Waals surface area contributed by atoms with Crippen molar-refractivity contribution in [2.45, 2.75) is 13.0 Å². The maximum absolute atomic E-state index is 12.3. The maximum Gasteiger partial charge on any atom is 0.226 e. The predicted molar refractivity (Wildman–Crippen MR) is 93.7 cm³/mol. The fraction of sp³-hybridized carbons (Fsp3) is 0.263. The first-order chi connectivity index (χ1) is 11.6. The van der Waals surface area contributed by atoms with E-state index >= 15 is 0 Å². The van der Waals surface area contributed by atoms with E-state index in [0.717, 1.165) is 22.6 Å². The highest BCUT2D eigenvalue weighted by Gasteiger charge is 2.14. The van der Waals surface area contributed by atoms with E-state index in [1.165, 1.54) is 0 Å². The number of hydrogen-bond acceptors (Lipinski definition) is 3. The molecule has 5 heteroatoms. The van der Waals surface area contributed by atoms with Crippen LogP contribution in [-0.2, 0) is 18.4 Å². The molecule has 5 nitrogen and oxygen atoms in total. The number of amides is 1. The smallest absolute Gasteiger partial charge is 0.226 e. The first-order valence-electron chi connectivity index (χ1n) is 7.97. The molecule has 0 spiro atoms.